The number of rotatable bonds is 3. The van der Waals surface area contributed by atoms with Gasteiger partial charge in [-0.25, -0.2) is 4.39 Å². The number of aryl methyl sites for hydroxylation is 1. The Kier molecular flexibility index (Phi) is 4.08. The third-order valence-electron chi connectivity index (χ3n) is 2.10. The maximum absolute atomic E-state index is 13.4. The molecular formula is C11H15BrFN. The third-order valence-corrected chi connectivity index (χ3v) is 2.68. The molecule has 0 aliphatic carbocycles. The Morgan fingerprint density at radius 1 is 1.50 bits per heavy atom. The second kappa shape index (κ2) is 4.89. The summed E-state index contributed by atoms with van der Waals surface area (Å²) in [6.45, 7) is 3.89. The minimum Gasteiger partial charge on any atom is -0.328 e. The van der Waals surface area contributed by atoms with E-state index in [1.54, 1.807) is 6.07 Å². The Balaban J connectivity index is 3.03. The maximum Gasteiger partial charge on any atom is 0.140 e. The summed E-state index contributed by atoms with van der Waals surface area (Å²) in [5.74, 6) is -0.152. The van der Waals surface area contributed by atoms with Gasteiger partial charge in [-0.15, -0.1) is 0 Å². The molecule has 0 aliphatic rings. The predicted octanol–water partition coefficient (Wildman–Crippen LogP) is 3.04. The molecule has 1 aromatic rings. The summed E-state index contributed by atoms with van der Waals surface area (Å²) in [5.41, 5.74) is 7.53. The highest BCUT2D eigenvalue weighted by Gasteiger charge is 2.08. The van der Waals surface area contributed by atoms with Crippen molar-refractivity contribution in [3.8, 4) is 0 Å². The van der Waals surface area contributed by atoms with Crippen LogP contribution in [0, 0.1) is 5.82 Å². The number of benzene rings is 1. The molecule has 78 valence electrons. The van der Waals surface area contributed by atoms with Crippen LogP contribution in [0.2, 0.25) is 0 Å². The molecule has 1 unspecified atom stereocenters. The molecule has 2 N–H and O–H groups in total. The summed E-state index contributed by atoms with van der Waals surface area (Å²) in [7, 11) is 0. The molecule has 1 rings (SSSR count). The van der Waals surface area contributed by atoms with Gasteiger partial charge in [0.25, 0.3) is 0 Å². The summed E-state index contributed by atoms with van der Waals surface area (Å²) in [4.78, 5) is 0. The van der Waals surface area contributed by atoms with Crippen LogP contribution in [0.1, 0.15) is 25.0 Å². The number of halogens is 2. The average molecular weight is 260 g/mol. The van der Waals surface area contributed by atoms with Gasteiger partial charge in [-0.2, -0.15) is 0 Å². The number of nitrogens with two attached hydrogens (primary N) is 1. The Morgan fingerprint density at radius 2 is 2.14 bits per heavy atom. The third kappa shape index (κ3) is 2.79. The molecule has 0 amide bonds. The molecule has 0 saturated heterocycles. The van der Waals surface area contributed by atoms with Crippen LogP contribution in [0.25, 0.3) is 0 Å². The first-order chi connectivity index (χ1) is 6.54. The first-order valence-electron chi connectivity index (χ1n) is 4.77. The zero-order valence-corrected chi connectivity index (χ0v) is 10.1. The van der Waals surface area contributed by atoms with Gasteiger partial charge in [-0.1, -0.05) is 13.0 Å². The van der Waals surface area contributed by atoms with E-state index in [9.17, 15) is 4.39 Å². The molecule has 0 saturated carbocycles. The molecule has 3 heteroatoms. The van der Waals surface area contributed by atoms with Crippen LogP contribution < -0.4 is 5.73 Å². The standard InChI is InChI=1S/C11H15BrFN/c1-3-9-5-8(4-7(2)14)6-10(12)11(9)13/h5-7H,3-4,14H2,1-2H3. The average Bonchev–Trinajstić information content (AvgIpc) is 2.10. The number of hydrogen-bond donors (Lipinski definition) is 1. The Labute approximate surface area is 92.6 Å². The van der Waals surface area contributed by atoms with Gasteiger partial charge in [-0.3, -0.25) is 0 Å². The monoisotopic (exact) mass is 259 g/mol. The fourth-order valence-electron chi connectivity index (χ4n) is 1.46. The van der Waals surface area contributed by atoms with Crippen LogP contribution in [0.5, 0.6) is 0 Å². The van der Waals surface area contributed by atoms with Crippen LogP contribution in [0.15, 0.2) is 16.6 Å². The SMILES string of the molecule is CCc1cc(CC(C)N)cc(Br)c1F. The molecule has 0 radical (unpaired) electrons. The minimum atomic E-state index is -0.152. The second-order valence-electron chi connectivity index (χ2n) is 3.59. The molecule has 0 bridgehead atoms. The van der Waals surface area contributed by atoms with E-state index in [0.29, 0.717) is 10.9 Å². The van der Waals surface area contributed by atoms with Gasteiger partial charge >= 0.3 is 0 Å². The molecule has 0 spiro atoms. The first kappa shape index (κ1) is 11.7. The Bertz CT molecular complexity index is 323. The van der Waals surface area contributed by atoms with Crippen LogP contribution in [0.4, 0.5) is 4.39 Å². The smallest absolute Gasteiger partial charge is 0.140 e. The van der Waals surface area contributed by atoms with Crippen LogP contribution in [0.3, 0.4) is 0 Å². The van der Waals surface area contributed by atoms with Crippen LogP contribution in [-0.4, -0.2) is 6.04 Å². The lowest BCUT2D eigenvalue weighted by Gasteiger charge is -2.09. The van der Waals surface area contributed by atoms with Crippen molar-refractivity contribution in [2.24, 2.45) is 5.73 Å². The van der Waals surface area contributed by atoms with E-state index in [1.807, 2.05) is 19.9 Å². The van der Waals surface area contributed by atoms with Crippen molar-refractivity contribution in [1.82, 2.24) is 0 Å². The summed E-state index contributed by atoms with van der Waals surface area (Å²) in [6.07, 6.45) is 1.49. The van der Waals surface area contributed by atoms with E-state index in [-0.39, 0.29) is 11.9 Å². The topological polar surface area (TPSA) is 26.0 Å². The maximum atomic E-state index is 13.4. The highest BCUT2D eigenvalue weighted by molar-refractivity contribution is 9.10. The van der Waals surface area contributed by atoms with Gasteiger partial charge in [0.2, 0.25) is 0 Å². The molecule has 0 aromatic heterocycles. The predicted molar refractivity (Wildman–Crippen MR) is 60.8 cm³/mol. The lowest BCUT2D eigenvalue weighted by Crippen LogP contribution is -2.18. The zero-order valence-electron chi connectivity index (χ0n) is 8.48. The fraction of sp³-hybridized carbons (Fsp3) is 0.455. The van der Waals surface area contributed by atoms with Crippen LogP contribution in [-0.2, 0) is 12.8 Å². The van der Waals surface area contributed by atoms with Crippen molar-refractivity contribution in [3.05, 3.63) is 33.5 Å². The fourth-order valence-corrected chi connectivity index (χ4v) is 2.00. The molecule has 0 aliphatic heterocycles. The van der Waals surface area contributed by atoms with Gasteiger partial charge in [-0.05, 0) is 52.9 Å². The number of hydrogen-bond acceptors (Lipinski definition) is 1. The van der Waals surface area contributed by atoms with E-state index in [0.717, 1.165) is 17.5 Å². The van der Waals surface area contributed by atoms with Gasteiger partial charge in [0.15, 0.2) is 0 Å². The summed E-state index contributed by atoms with van der Waals surface area (Å²) in [5, 5.41) is 0. The van der Waals surface area contributed by atoms with Crippen molar-refractivity contribution in [2.45, 2.75) is 32.7 Å². The summed E-state index contributed by atoms with van der Waals surface area (Å²) in [6, 6.07) is 3.80. The second-order valence-corrected chi connectivity index (χ2v) is 4.44. The van der Waals surface area contributed by atoms with E-state index in [4.69, 9.17) is 5.73 Å². The molecule has 1 nitrogen and oxygen atoms in total. The van der Waals surface area contributed by atoms with Gasteiger partial charge in [0.05, 0.1) is 4.47 Å². The highest BCUT2D eigenvalue weighted by atomic mass is 79.9. The van der Waals surface area contributed by atoms with Gasteiger partial charge in [0.1, 0.15) is 5.82 Å². The molecule has 0 heterocycles. The van der Waals surface area contributed by atoms with E-state index >= 15 is 0 Å². The molecular weight excluding hydrogens is 245 g/mol. The minimum absolute atomic E-state index is 0.108. The van der Waals surface area contributed by atoms with Gasteiger partial charge in [0, 0.05) is 6.04 Å². The zero-order chi connectivity index (χ0) is 10.7. The van der Waals surface area contributed by atoms with E-state index in [1.165, 1.54) is 0 Å². The van der Waals surface area contributed by atoms with Crippen LogP contribution >= 0.6 is 15.9 Å². The largest absolute Gasteiger partial charge is 0.328 e. The summed E-state index contributed by atoms with van der Waals surface area (Å²) >= 11 is 3.21. The highest BCUT2D eigenvalue weighted by Crippen LogP contribution is 2.22. The molecule has 0 fully saturated rings. The summed E-state index contributed by atoms with van der Waals surface area (Å²) < 4.78 is 14.0. The van der Waals surface area contributed by atoms with Crippen molar-refractivity contribution < 1.29 is 4.39 Å². The Hall–Kier alpha value is -0.410. The van der Waals surface area contributed by atoms with E-state index < -0.39 is 0 Å². The Morgan fingerprint density at radius 3 is 2.64 bits per heavy atom. The van der Waals surface area contributed by atoms with E-state index in [2.05, 4.69) is 15.9 Å². The lowest BCUT2D eigenvalue weighted by molar-refractivity contribution is 0.603. The first-order valence-corrected chi connectivity index (χ1v) is 5.56. The normalized spacial score (nSPS) is 12.9. The van der Waals surface area contributed by atoms with Crippen molar-refractivity contribution >= 4 is 15.9 Å². The van der Waals surface area contributed by atoms with Crippen molar-refractivity contribution in [3.63, 3.8) is 0 Å². The quantitative estimate of drug-likeness (QED) is 0.888. The van der Waals surface area contributed by atoms with Gasteiger partial charge < -0.3 is 5.73 Å². The molecule has 1 atom stereocenters. The molecule has 14 heavy (non-hydrogen) atoms. The molecule has 1 aromatic carbocycles. The lowest BCUT2D eigenvalue weighted by atomic mass is 10.0. The van der Waals surface area contributed by atoms with Crippen molar-refractivity contribution in [1.29, 1.82) is 0 Å². The van der Waals surface area contributed by atoms with Crippen molar-refractivity contribution in [2.75, 3.05) is 0 Å².